The summed E-state index contributed by atoms with van der Waals surface area (Å²) < 4.78 is 5.63. The lowest BCUT2D eigenvalue weighted by Gasteiger charge is -2.33. The number of rotatable bonds is 7. The molecule has 0 aromatic heterocycles. The first-order chi connectivity index (χ1) is 15.9. The Labute approximate surface area is 196 Å². The summed E-state index contributed by atoms with van der Waals surface area (Å²) in [6.45, 7) is 11.1. The van der Waals surface area contributed by atoms with Gasteiger partial charge < -0.3 is 15.0 Å². The smallest absolute Gasteiger partial charge is 0.410 e. The molecule has 0 radical (unpaired) electrons. The van der Waals surface area contributed by atoms with Crippen LogP contribution in [0.1, 0.15) is 37.5 Å². The molecule has 0 saturated carbocycles. The highest BCUT2D eigenvalue weighted by atomic mass is 16.6. The molecule has 1 atom stereocenters. The maximum absolute atomic E-state index is 13.2. The number of carbonyl (C=O) groups is 1. The Kier molecular flexibility index (Phi) is 8.15. The second-order valence-electron chi connectivity index (χ2n) is 8.40. The first kappa shape index (κ1) is 23.9. The lowest BCUT2D eigenvalue weighted by molar-refractivity contribution is 0.0620. The predicted octanol–water partition coefficient (Wildman–Crippen LogP) is 4.97. The highest BCUT2D eigenvalue weighted by molar-refractivity contribution is 5.70. The van der Waals surface area contributed by atoms with Gasteiger partial charge in [0.15, 0.2) is 0 Å². The van der Waals surface area contributed by atoms with E-state index in [0.717, 1.165) is 22.5 Å². The van der Waals surface area contributed by atoms with Crippen molar-refractivity contribution in [3.05, 3.63) is 89.8 Å². The number of anilines is 1. The summed E-state index contributed by atoms with van der Waals surface area (Å²) in [7, 11) is 0. The molecule has 2 aromatic rings. The van der Waals surface area contributed by atoms with E-state index in [0.29, 0.717) is 31.6 Å². The number of amides is 1. The SMILES string of the molecule is C=CN/C(=C\C)CN1C[C@@H](Cc2ccccc2)N(C(=O)OC(C)C)Cc2cc(C#N)ccc21. The molecule has 0 fully saturated rings. The van der Waals surface area contributed by atoms with Crippen LogP contribution in [0.5, 0.6) is 0 Å². The van der Waals surface area contributed by atoms with Crippen molar-refractivity contribution >= 4 is 11.8 Å². The summed E-state index contributed by atoms with van der Waals surface area (Å²) >= 11 is 0. The van der Waals surface area contributed by atoms with Crippen LogP contribution in [0.3, 0.4) is 0 Å². The highest BCUT2D eigenvalue weighted by Crippen LogP contribution is 2.30. The molecule has 0 spiro atoms. The van der Waals surface area contributed by atoms with E-state index < -0.39 is 0 Å². The lowest BCUT2D eigenvalue weighted by atomic mass is 10.0. The third-order valence-electron chi connectivity index (χ3n) is 5.64. The second kappa shape index (κ2) is 11.2. The fraction of sp³-hybridized carbons (Fsp3) is 0.333. The van der Waals surface area contributed by atoms with Gasteiger partial charge in [-0.2, -0.15) is 5.26 Å². The topological polar surface area (TPSA) is 68.6 Å². The van der Waals surface area contributed by atoms with Crippen molar-refractivity contribution in [3.8, 4) is 6.07 Å². The van der Waals surface area contributed by atoms with Crippen molar-refractivity contribution < 1.29 is 9.53 Å². The molecule has 1 amide bonds. The summed E-state index contributed by atoms with van der Waals surface area (Å²) in [4.78, 5) is 17.3. The van der Waals surface area contributed by atoms with Crippen LogP contribution in [0.15, 0.2) is 73.1 Å². The van der Waals surface area contributed by atoms with E-state index in [1.54, 1.807) is 6.20 Å². The van der Waals surface area contributed by atoms with Gasteiger partial charge in [0.05, 0.1) is 36.9 Å². The Bertz CT molecular complexity index is 1040. The molecule has 0 aliphatic carbocycles. The molecule has 3 rings (SSSR count). The molecule has 2 aromatic carbocycles. The molecule has 33 heavy (non-hydrogen) atoms. The minimum Gasteiger partial charge on any atom is -0.447 e. The van der Waals surface area contributed by atoms with Gasteiger partial charge in [-0.25, -0.2) is 4.79 Å². The van der Waals surface area contributed by atoms with Gasteiger partial charge in [-0.1, -0.05) is 43.0 Å². The molecule has 6 nitrogen and oxygen atoms in total. The number of hydrogen-bond donors (Lipinski definition) is 1. The minimum absolute atomic E-state index is 0.113. The zero-order chi connectivity index (χ0) is 23.8. The number of nitrogens with one attached hydrogen (secondary N) is 1. The zero-order valence-electron chi connectivity index (χ0n) is 19.6. The van der Waals surface area contributed by atoms with E-state index >= 15 is 0 Å². The molecule has 1 N–H and O–H groups in total. The summed E-state index contributed by atoms with van der Waals surface area (Å²) in [5, 5.41) is 12.7. The van der Waals surface area contributed by atoms with Crippen molar-refractivity contribution in [1.82, 2.24) is 10.2 Å². The molecule has 0 saturated heterocycles. The Morgan fingerprint density at radius 1 is 1.30 bits per heavy atom. The van der Waals surface area contributed by atoms with Crippen LogP contribution in [0.25, 0.3) is 0 Å². The first-order valence-corrected chi connectivity index (χ1v) is 11.3. The normalized spacial score (nSPS) is 16.0. The third-order valence-corrected chi connectivity index (χ3v) is 5.64. The Morgan fingerprint density at radius 2 is 2.06 bits per heavy atom. The molecule has 172 valence electrons. The molecule has 1 aliphatic rings. The van der Waals surface area contributed by atoms with Gasteiger partial charge in [-0.3, -0.25) is 4.90 Å². The van der Waals surface area contributed by atoms with Crippen LogP contribution >= 0.6 is 0 Å². The summed E-state index contributed by atoms with van der Waals surface area (Å²) in [5.74, 6) is 0. The second-order valence-corrected chi connectivity index (χ2v) is 8.40. The summed E-state index contributed by atoms with van der Waals surface area (Å²) in [6.07, 6.45) is 3.83. The highest BCUT2D eigenvalue weighted by Gasteiger charge is 2.33. The maximum Gasteiger partial charge on any atom is 0.410 e. The van der Waals surface area contributed by atoms with E-state index in [-0.39, 0.29) is 18.2 Å². The fourth-order valence-corrected chi connectivity index (χ4v) is 4.10. The quantitative estimate of drug-likeness (QED) is 0.653. The van der Waals surface area contributed by atoms with Gasteiger partial charge in [-0.15, -0.1) is 0 Å². The lowest BCUT2D eigenvalue weighted by Crippen LogP contribution is -2.47. The van der Waals surface area contributed by atoms with Crippen LogP contribution < -0.4 is 10.2 Å². The monoisotopic (exact) mass is 444 g/mol. The van der Waals surface area contributed by atoms with Crippen molar-refractivity contribution in [3.63, 3.8) is 0 Å². The number of benzene rings is 2. The number of nitrogens with zero attached hydrogens (tertiary/aromatic N) is 3. The Morgan fingerprint density at radius 3 is 2.70 bits per heavy atom. The van der Waals surface area contributed by atoms with Crippen LogP contribution in [0, 0.1) is 11.3 Å². The summed E-state index contributed by atoms with van der Waals surface area (Å²) in [5.41, 5.74) is 4.68. The van der Waals surface area contributed by atoms with E-state index in [4.69, 9.17) is 4.74 Å². The van der Waals surface area contributed by atoms with Crippen LogP contribution in [-0.2, 0) is 17.7 Å². The number of fused-ring (bicyclic) bond motifs is 1. The molecule has 1 heterocycles. The van der Waals surface area contributed by atoms with Crippen molar-refractivity contribution in [2.24, 2.45) is 0 Å². The number of nitriles is 1. The molecular weight excluding hydrogens is 412 g/mol. The van der Waals surface area contributed by atoms with Gasteiger partial charge in [0, 0.05) is 17.9 Å². The zero-order valence-corrected chi connectivity index (χ0v) is 19.6. The van der Waals surface area contributed by atoms with Gasteiger partial charge in [0.25, 0.3) is 0 Å². The van der Waals surface area contributed by atoms with Gasteiger partial charge in [0.2, 0.25) is 0 Å². The number of ether oxygens (including phenoxy) is 1. The average molecular weight is 445 g/mol. The van der Waals surface area contributed by atoms with E-state index in [9.17, 15) is 10.1 Å². The van der Waals surface area contributed by atoms with Crippen LogP contribution in [-0.4, -0.2) is 36.2 Å². The molecule has 6 heteroatoms. The average Bonchev–Trinajstić information content (AvgIpc) is 2.95. The molecular formula is C27H32N4O2. The van der Waals surface area contributed by atoms with Crippen LogP contribution in [0.2, 0.25) is 0 Å². The van der Waals surface area contributed by atoms with Gasteiger partial charge >= 0.3 is 6.09 Å². The van der Waals surface area contributed by atoms with E-state index in [2.05, 4.69) is 35.0 Å². The van der Waals surface area contributed by atoms with Crippen LogP contribution in [0.4, 0.5) is 10.5 Å². The largest absolute Gasteiger partial charge is 0.447 e. The number of carbonyl (C=O) groups excluding carboxylic acids is 1. The van der Waals surface area contributed by atoms with E-state index in [1.807, 2.05) is 68.1 Å². The molecule has 1 aliphatic heterocycles. The number of hydrogen-bond acceptors (Lipinski definition) is 5. The summed E-state index contributed by atoms with van der Waals surface area (Å²) in [6, 6.07) is 18.0. The Balaban J connectivity index is 2.05. The van der Waals surface area contributed by atoms with Gasteiger partial charge in [0.1, 0.15) is 0 Å². The van der Waals surface area contributed by atoms with Crippen molar-refractivity contribution in [1.29, 1.82) is 5.26 Å². The first-order valence-electron chi connectivity index (χ1n) is 11.3. The van der Waals surface area contributed by atoms with Crippen molar-refractivity contribution in [2.75, 3.05) is 18.0 Å². The minimum atomic E-state index is -0.337. The van der Waals surface area contributed by atoms with Gasteiger partial charge in [-0.05, 0) is 62.7 Å². The Hall–Kier alpha value is -3.72. The standard InChI is InChI=1S/C27H32N4O2/c1-5-24(29-6-2)18-30-19-25(15-21-10-8-7-9-11-21)31(27(32)33-20(3)4)17-23-14-22(16-28)12-13-26(23)30/h5-14,20,25,29H,2,15,17-19H2,1,3-4H3/b24-5-/t25-/m1/s1. The van der Waals surface area contributed by atoms with Crippen molar-refractivity contribution in [2.45, 2.75) is 45.9 Å². The third kappa shape index (κ3) is 6.17. The molecule has 0 unspecified atom stereocenters. The fourth-order valence-electron chi connectivity index (χ4n) is 4.10. The molecule has 0 bridgehead atoms. The predicted molar refractivity (Wildman–Crippen MR) is 132 cm³/mol. The number of allylic oxidation sites excluding steroid dienone is 1. The maximum atomic E-state index is 13.2. The van der Waals surface area contributed by atoms with E-state index in [1.165, 1.54) is 0 Å².